The highest BCUT2D eigenvalue weighted by Gasteiger charge is 2.34. The van der Waals surface area contributed by atoms with Gasteiger partial charge >= 0.3 is 0 Å². The lowest BCUT2D eigenvalue weighted by atomic mass is 9.94. The highest BCUT2D eigenvalue weighted by atomic mass is 35.5. The Balaban J connectivity index is 1.71. The number of benzene rings is 2. The molecule has 3 rings (SSSR count). The van der Waals surface area contributed by atoms with Crippen molar-refractivity contribution < 1.29 is 17.9 Å². The zero-order valence-electron chi connectivity index (χ0n) is 19.8. The van der Waals surface area contributed by atoms with E-state index in [4.69, 9.17) is 27.9 Å². The second kappa shape index (κ2) is 11.8. The van der Waals surface area contributed by atoms with Crippen LogP contribution in [0.3, 0.4) is 0 Å². The fourth-order valence-electron chi connectivity index (χ4n) is 4.23. The molecule has 0 bridgehead atoms. The van der Waals surface area contributed by atoms with Crippen LogP contribution in [0.4, 0.5) is 0 Å². The van der Waals surface area contributed by atoms with E-state index in [1.807, 2.05) is 24.3 Å². The molecule has 1 aliphatic heterocycles. The van der Waals surface area contributed by atoms with Gasteiger partial charge in [-0.1, -0.05) is 55.2 Å². The summed E-state index contributed by atoms with van der Waals surface area (Å²) in [6, 6.07) is 12.4. The molecule has 1 amide bonds. The predicted molar refractivity (Wildman–Crippen MR) is 137 cm³/mol. The number of nitrogens with one attached hydrogen (secondary N) is 1. The summed E-state index contributed by atoms with van der Waals surface area (Å²) in [6.07, 6.45) is 2.03. The molecule has 1 N–H and O–H groups in total. The molecule has 0 spiro atoms. The van der Waals surface area contributed by atoms with E-state index in [-0.39, 0.29) is 24.2 Å². The quantitative estimate of drug-likeness (QED) is 0.471. The highest BCUT2D eigenvalue weighted by molar-refractivity contribution is 7.88. The number of amides is 1. The van der Waals surface area contributed by atoms with Gasteiger partial charge in [0.1, 0.15) is 5.75 Å². The van der Waals surface area contributed by atoms with Crippen LogP contribution in [0, 0.1) is 11.8 Å². The summed E-state index contributed by atoms with van der Waals surface area (Å²) in [5.74, 6) is 0.290. The molecule has 1 aliphatic rings. The molecule has 1 saturated heterocycles. The second-order valence-electron chi connectivity index (χ2n) is 9.12. The number of halogens is 2. The lowest BCUT2D eigenvalue weighted by Gasteiger charge is -2.32. The molecule has 6 nitrogen and oxygen atoms in total. The van der Waals surface area contributed by atoms with Crippen molar-refractivity contribution in [2.24, 2.45) is 11.8 Å². The van der Waals surface area contributed by atoms with E-state index >= 15 is 0 Å². The summed E-state index contributed by atoms with van der Waals surface area (Å²) >= 11 is 12.4. The van der Waals surface area contributed by atoms with Gasteiger partial charge in [0.05, 0.1) is 24.8 Å². The van der Waals surface area contributed by atoms with Crippen LogP contribution in [0.1, 0.15) is 50.3 Å². The largest absolute Gasteiger partial charge is 0.497 e. The number of hydrogen-bond acceptors (Lipinski definition) is 4. The standard InChI is InChI=1S/C25H32Cl2N2O4S/c1-17(2)14-24(18-9-11-20(33-3)12-10-18)28-25(30)19-6-5-13-29(15-19)34(31,32)16-21-22(26)7-4-8-23(21)27/h4,7-12,17,19,24H,5-6,13-16H2,1-3H3,(H,28,30). The molecule has 0 aliphatic carbocycles. The lowest BCUT2D eigenvalue weighted by molar-refractivity contribution is -0.127. The molecule has 2 unspecified atom stereocenters. The monoisotopic (exact) mass is 526 g/mol. The molecule has 9 heteroatoms. The Bertz CT molecular complexity index is 1070. The molecule has 0 saturated carbocycles. The first kappa shape index (κ1) is 26.8. The van der Waals surface area contributed by atoms with Crippen LogP contribution < -0.4 is 10.1 Å². The minimum atomic E-state index is -3.68. The normalized spacial score (nSPS) is 18.0. The summed E-state index contributed by atoms with van der Waals surface area (Å²) in [5.41, 5.74) is 1.38. The maximum absolute atomic E-state index is 13.2. The van der Waals surface area contributed by atoms with Crippen LogP contribution in [-0.4, -0.2) is 38.8 Å². The second-order valence-corrected chi connectivity index (χ2v) is 11.9. The zero-order chi connectivity index (χ0) is 24.9. The van der Waals surface area contributed by atoms with Gasteiger partial charge in [0.15, 0.2) is 0 Å². The van der Waals surface area contributed by atoms with Crippen molar-refractivity contribution in [3.05, 3.63) is 63.6 Å². The van der Waals surface area contributed by atoms with E-state index in [2.05, 4.69) is 19.2 Å². The third-order valence-electron chi connectivity index (χ3n) is 6.08. The lowest BCUT2D eigenvalue weighted by Crippen LogP contribution is -2.46. The van der Waals surface area contributed by atoms with Crippen LogP contribution in [-0.2, 0) is 20.6 Å². The maximum atomic E-state index is 13.2. The Labute approximate surface area is 212 Å². The topological polar surface area (TPSA) is 75.7 Å². The van der Waals surface area contributed by atoms with E-state index in [1.165, 1.54) is 4.31 Å². The van der Waals surface area contributed by atoms with E-state index in [0.29, 0.717) is 40.9 Å². The molecule has 0 radical (unpaired) electrons. The number of carbonyl (C=O) groups is 1. The number of ether oxygens (including phenoxy) is 1. The average molecular weight is 528 g/mol. The third-order valence-corrected chi connectivity index (χ3v) is 8.56. The van der Waals surface area contributed by atoms with Crippen molar-refractivity contribution >= 4 is 39.1 Å². The zero-order valence-corrected chi connectivity index (χ0v) is 22.1. The van der Waals surface area contributed by atoms with Gasteiger partial charge in [0.2, 0.25) is 15.9 Å². The molecule has 34 heavy (non-hydrogen) atoms. The smallest absolute Gasteiger partial charge is 0.224 e. The SMILES string of the molecule is COc1ccc(C(CC(C)C)NC(=O)C2CCCN(S(=O)(=O)Cc3c(Cl)cccc3Cl)C2)cc1. The van der Waals surface area contributed by atoms with Crippen LogP contribution in [0.2, 0.25) is 10.0 Å². The Morgan fingerprint density at radius 2 is 1.79 bits per heavy atom. The van der Waals surface area contributed by atoms with Crippen molar-refractivity contribution in [2.75, 3.05) is 20.2 Å². The maximum Gasteiger partial charge on any atom is 0.224 e. The first-order valence-corrected chi connectivity index (χ1v) is 13.8. The Kier molecular flexibility index (Phi) is 9.27. The van der Waals surface area contributed by atoms with Gasteiger partial charge in [0, 0.05) is 28.7 Å². The third kappa shape index (κ3) is 6.87. The van der Waals surface area contributed by atoms with Gasteiger partial charge < -0.3 is 10.1 Å². The predicted octanol–water partition coefficient (Wildman–Crippen LogP) is 5.45. The van der Waals surface area contributed by atoms with Crippen LogP contribution in [0.15, 0.2) is 42.5 Å². The van der Waals surface area contributed by atoms with Gasteiger partial charge in [-0.2, -0.15) is 0 Å². The molecular weight excluding hydrogens is 495 g/mol. The fourth-order valence-corrected chi connectivity index (χ4v) is 6.59. The number of nitrogens with zero attached hydrogens (tertiary/aromatic N) is 1. The first-order valence-electron chi connectivity index (χ1n) is 11.5. The Morgan fingerprint density at radius 3 is 2.38 bits per heavy atom. The van der Waals surface area contributed by atoms with Gasteiger partial charge in [0.25, 0.3) is 0 Å². The number of piperidine rings is 1. The number of sulfonamides is 1. The van der Waals surface area contributed by atoms with Crippen molar-refractivity contribution in [1.82, 2.24) is 9.62 Å². The number of rotatable bonds is 9. The molecular formula is C25H32Cl2N2O4S. The van der Waals surface area contributed by atoms with Gasteiger partial charge in [-0.05, 0) is 55.0 Å². The minimum absolute atomic E-state index is 0.128. The van der Waals surface area contributed by atoms with Crippen LogP contribution >= 0.6 is 23.2 Å². The minimum Gasteiger partial charge on any atom is -0.497 e. The van der Waals surface area contributed by atoms with E-state index in [0.717, 1.165) is 17.7 Å². The molecule has 2 atom stereocenters. The summed E-state index contributed by atoms with van der Waals surface area (Å²) in [4.78, 5) is 13.2. The van der Waals surface area contributed by atoms with Gasteiger partial charge in [-0.3, -0.25) is 4.79 Å². The number of methoxy groups -OCH3 is 1. The first-order chi connectivity index (χ1) is 16.1. The molecule has 2 aromatic rings. The summed E-state index contributed by atoms with van der Waals surface area (Å²) < 4.78 is 32.9. The van der Waals surface area contributed by atoms with E-state index < -0.39 is 15.9 Å². The van der Waals surface area contributed by atoms with Gasteiger partial charge in [-0.15, -0.1) is 0 Å². The fraction of sp³-hybridized carbons (Fsp3) is 0.480. The van der Waals surface area contributed by atoms with Crippen molar-refractivity contribution in [2.45, 2.75) is 44.9 Å². The van der Waals surface area contributed by atoms with E-state index in [1.54, 1.807) is 25.3 Å². The summed E-state index contributed by atoms with van der Waals surface area (Å²) in [6.45, 7) is 4.74. The number of hydrogen-bond donors (Lipinski definition) is 1. The molecule has 186 valence electrons. The van der Waals surface area contributed by atoms with Crippen LogP contribution in [0.25, 0.3) is 0 Å². The van der Waals surface area contributed by atoms with Gasteiger partial charge in [-0.25, -0.2) is 12.7 Å². The van der Waals surface area contributed by atoms with E-state index in [9.17, 15) is 13.2 Å². The molecule has 0 aromatic heterocycles. The highest BCUT2D eigenvalue weighted by Crippen LogP contribution is 2.30. The van der Waals surface area contributed by atoms with Crippen molar-refractivity contribution in [3.63, 3.8) is 0 Å². The Morgan fingerprint density at radius 1 is 1.15 bits per heavy atom. The Hall–Kier alpha value is -1.80. The average Bonchev–Trinajstić information content (AvgIpc) is 2.81. The van der Waals surface area contributed by atoms with Crippen molar-refractivity contribution in [3.8, 4) is 5.75 Å². The number of carbonyl (C=O) groups excluding carboxylic acids is 1. The van der Waals surface area contributed by atoms with Crippen molar-refractivity contribution in [1.29, 1.82) is 0 Å². The summed E-state index contributed by atoms with van der Waals surface area (Å²) in [5, 5.41) is 3.80. The van der Waals surface area contributed by atoms with Crippen LogP contribution in [0.5, 0.6) is 5.75 Å². The molecule has 1 fully saturated rings. The molecule has 2 aromatic carbocycles. The summed E-state index contributed by atoms with van der Waals surface area (Å²) in [7, 11) is -2.07. The molecule has 1 heterocycles.